The highest BCUT2D eigenvalue weighted by molar-refractivity contribution is 5.94. The van der Waals surface area contributed by atoms with Crippen molar-refractivity contribution in [2.24, 2.45) is 0 Å². The third-order valence-electron chi connectivity index (χ3n) is 3.48. The van der Waals surface area contributed by atoms with Crippen molar-refractivity contribution in [3.05, 3.63) is 69.5 Å². The average Bonchev–Trinajstić information content (AvgIpc) is 2.62. The Hall–Kier alpha value is -3.29. The van der Waals surface area contributed by atoms with Gasteiger partial charge in [-0.1, -0.05) is 0 Å². The van der Waals surface area contributed by atoms with Crippen LogP contribution in [0.2, 0.25) is 0 Å². The van der Waals surface area contributed by atoms with Crippen molar-refractivity contribution in [1.82, 2.24) is 10.3 Å². The molecular formula is C17H17N3O5. The summed E-state index contributed by atoms with van der Waals surface area (Å²) in [4.78, 5) is 38.5. The molecule has 8 nitrogen and oxygen atoms in total. The number of nitro groups is 1. The summed E-state index contributed by atoms with van der Waals surface area (Å²) in [7, 11) is 0. The molecule has 1 unspecified atom stereocenters. The molecule has 2 aromatic rings. The van der Waals surface area contributed by atoms with Crippen molar-refractivity contribution >= 4 is 17.6 Å². The van der Waals surface area contributed by atoms with Crippen LogP contribution < -0.4 is 5.32 Å². The molecule has 1 aromatic heterocycles. The number of carbonyl (C=O) groups excluding carboxylic acids is 2. The lowest BCUT2D eigenvalue weighted by molar-refractivity contribution is -0.385. The molecule has 130 valence electrons. The Balaban J connectivity index is 2.26. The van der Waals surface area contributed by atoms with Gasteiger partial charge in [-0.15, -0.1) is 0 Å². The van der Waals surface area contributed by atoms with Crippen LogP contribution in [0.25, 0.3) is 0 Å². The summed E-state index contributed by atoms with van der Waals surface area (Å²) < 4.78 is 4.85. The van der Waals surface area contributed by atoms with Crippen LogP contribution in [0.4, 0.5) is 5.69 Å². The van der Waals surface area contributed by atoms with E-state index in [9.17, 15) is 19.7 Å². The number of nitro benzene ring substituents is 1. The van der Waals surface area contributed by atoms with Gasteiger partial charge in [0.1, 0.15) is 0 Å². The van der Waals surface area contributed by atoms with Crippen molar-refractivity contribution in [3.63, 3.8) is 0 Å². The first-order valence-corrected chi connectivity index (χ1v) is 7.60. The Bertz CT molecular complexity index is 792. The summed E-state index contributed by atoms with van der Waals surface area (Å²) in [6.07, 6.45) is 2.94. The minimum absolute atomic E-state index is 0.0862. The van der Waals surface area contributed by atoms with Gasteiger partial charge >= 0.3 is 5.97 Å². The van der Waals surface area contributed by atoms with Crippen LogP contribution >= 0.6 is 0 Å². The fraction of sp³-hybridized carbons (Fsp3) is 0.235. The van der Waals surface area contributed by atoms with Crippen LogP contribution in [0.15, 0.2) is 42.7 Å². The maximum atomic E-state index is 12.2. The number of nitrogens with one attached hydrogen (secondary N) is 1. The maximum absolute atomic E-state index is 12.2. The molecule has 2 rings (SSSR count). The zero-order valence-corrected chi connectivity index (χ0v) is 13.8. The Kier molecular flexibility index (Phi) is 5.78. The molecule has 8 heteroatoms. The molecule has 0 aliphatic rings. The van der Waals surface area contributed by atoms with E-state index in [0.717, 1.165) is 6.07 Å². The fourth-order valence-corrected chi connectivity index (χ4v) is 2.26. The first-order valence-electron chi connectivity index (χ1n) is 7.60. The first-order chi connectivity index (χ1) is 11.9. The third kappa shape index (κ3) is 4.37. The number of nitrogens with zero attached hydrogens (tertiary/aromatic N) is 2. The second-order valence-electron chi connectivity index (χ2n) is 5.19. The predicted molar refractivity (Wildman–Crippen MR) is 89.2 cm³/mol. The second kappa shape index (κ2) is 8.00. The predicted octanol–water partition coefficient (Wildman–Crippen LogP) is 2.66. The van der Waals surface area contributed by atoms with E-state index in [0.29, 0.717) is 5.56 Å². The van der Waals surface area contributed by atoms with Crippen molar-refractivity contribution in [3.8, 4) is 0 Å². The zero-order chi connectivity index (χ0) is 18.4. The smallest absolute Gasteiger partial charge is 0.338 e. The van der Waals surface area contributed by atoms with Gasteiger partial charge in [0.05, 0.1) is 34.3 Å². The average molecular weight is 343 g/mol. The Morgan fingerprint density at radius 2 is 2.08 bits per heavy atom. The number of esters is 1. The molecule has 1 N–H and O–H groups in total. The molecule has 0 bridgehead atoms. The van der Waals surface area contributed by atoms with Crippen molar-refractivity contribution in [1.29, 1.82) is 0 Å². The fourth-order valence-electron chi connectivity index (χ4n) is 2.26. The van der Waals surface area contributed by atoms with Gasteiger partial charge in [0.2, 0.25) is 0 Å². The molecule has 1 amide bonds. The van der Waals surface area contributed by atoms with Crippen LogP contribution in [-0.2, 0) is 4.74 Å². The van der Waals surface area contributed by atoms with Crippen molar-refractivity contribution in [2.45, 2.75) is 19.9 Å². The summed E-state index contributed by atoms with van der Waals surface area (Å²) in [6.45, 7) is 3.45. The number of amides is 1. The monoisotopic (exact) mass is 343 g/mol. The van der Waals surface area contributed by atoms with E-state index in [1.807, 2.05) is 0 Å². The summed E-state index contributed by atoms with van der Waals surface area (Å²) >= 11 is 0. The summed E-state index contributed by atoms with van der Waals surface area (Å²) in [5.41, 5.74) is 0.461. The van der Waals surface area contributed by atoms with Crippen LogP contribution in [0, 0.1) is 10.1 Å². The van der Waals surface area contributed by atoms with E-state index in [2.05, 4.69) is 10.3 Å². The zero-order valence-electron chi connectivity index (χ0n) is 13.8. The van der Waals surface area contributed by atoms with Gasteiger partial charge in [0.25, 0.3) is 11.6 Å². The highest BCUT2D eigenvalue weighted by atomic mass is 16.6. The molecule has 25 heavy (non-hydrogen) atoms. The van der Waals surface area contributed by atoms with E-state index in [4.69, 9.17) is 4.74 Å². The van der Waals surface area contributed by atoms with Gasteiger partial charge in [-0.25, -0.2) is 4.79 Å². The minimum atomic E-state index is -0.635. The highest BCUT2D eigenvalue weighted by Gasteiger charge is 2.23. The SMILES string of the molecule is CCOC(=O)c1ccc(C(C)NC(=O)c2cccnc2)c([N+](=O)[O-])c1. The van der Waals surface area contributed by atoms with E-state index in [1.165, 1.54) is 18.3 Å². The topological polar surface area (TPSA) is 111 Å². The maximum Gasteiger partial charge on any atom is 0.338 e. The largest absolute Gasteiger partial charge is 0.462 e. The van der Waals surface area contributed by atoms with Gasteiger partial charge < -0.3 is 10.1 Å². The number of hydrogen-bond acceptors (Lipinski definition) is 6. The van der Waals surface area contributed by atoms with E-state index < -0.39 is 22.8 Å². The quantitative estimate of drug-likeness (QED) is 0.490. The van der Waals surface area contributed by atoms with Crippen LogP contribution in [-0.4, -0.2) is 28.4 Å². The normalized spacial score (nSPS) is 11.4. The van der Waals surface area contributed by atoms with Crippen LogP contribution in [0.3, 0.4) is 0 Å². The highest BCUT2D eigenvalue weighted by Crippen LogP contribution is 2.27. The Labute approximate surface area is 144 Å². The lowest BCUT2D eigenvalue weighted by Crippen LogP contribution is -2.27. The summed E-state index contributed by atoms with van der Waals surface area (Å²) in [5.74, 6) is -1.03. The number of hydrogen-bond donors (Lipinski definition) is 1. The van der Waals surface area contributed by atoms with E-state index in [-0.39, 0.29) is 23.4 Å². The Morgan fingerprint density at radius 3 is 2.68 bits per heavy atom. The van der Waals surface area contributed by atoms with E-state index in [1.54, 1.807) is 32.2 Å². The Morgan fingerprint density at radius 1 is 1.32 bits per heavy atom. The number of aromatic nitrogens is 1. The van der Waals surface area contributed by atoms with Gasteiger partial charge in [0, 0.05) is 18.5 Å². The third-order valence-corrected chi connectivity index (χ3v) is 3.48. The molecule has 1 atom stereocenters. The standard InChI is InChI=1S/C17H17N3O5/c1-3-25-17(22)12-6-7-14(15(9-12)20(23)24)11(2)19-16(21)13-5-4-8-18-10-13/h4-11H,3H2,1-2H3,(H,19,21). The number of ether oxygens (including phenoxy) is 1. The molecule has 0 fully saturated rings. The lowest BCUT2D eigenvalue weighted by Gasteiger charge is -2.15. The molecule has 0 aliphatic heterocycles. The molecule has 0 radical (unpaired) electrons. The van der Waals surface area contributed by atoms with Gasteiger partial charge in [-0.2, -0.15) is 0 Å². The molecule has 1 heterocycles. The molecular weight excluding hydrogens is 326 g/mol. The van der Waals surface area contributed by atoms with Crippen molar-refractivity contribution in [2.75, 3.05) is 6.61 Å². The first kappa shape index (κ1) is 18.1. The minimum Gasteiger partial charge on any atom is -0.462 e. The molecule has 1 aromatic carbocycles. The number of benzene rings is 1. The van der Waals surface area contributed by atoms with Crippen LogP contribution in [0.1, 0.15) is 46.2 Å². The van der Waals surface area contributed by atoms with E-state index >= 15 is 0 Å². The van der Waals surface area contributed by atoms with Crippen molar-refractivity contribution < 1.29 is 19.2 Å². The molecule has 0 aliphatic carbocycles. The number of carbonyl (C=O) groups is 2. The van der Waals surface area contributed by atoms with Gasteiger partial charge in [0.15, 0.2) is 0 Å². The number of rotatable bonds is 6. The molecule has 0 saturated carbocycles. The second-order valence-corrected chi connectivity index (χ2v) is 5.19. The lowest BCUT2D eigenvalue weighted by atomic mass is 10.0. The van der Waals surface area contributed by atoms with Gasteiger partial charge in [-0.3, -0.25) is 19.9 Å². The van der Waals surface area contributed by atoms with Gasteiger partial charge in [-0.05, 0) is 38.1 Å². The molecule has 0 spiro atoms. The molecule has 0 saturated heterocycles. The summed E-state index contributed by atoms with van der Waals surface area (Å²) in [5, 5.41) is 14.0. The van der Waals surface area contributed by atoms with Crippen LogP contribution in [0.5, 0.6) is 0 Å². The number of pyridine rings is 1. The summed E-state index contributed by atoms with van der Waals surface area (Å²) in [6, 6.07) is 6.61.